The number of carbonyl (C=O) groups is 1. The van der Waals surface area contributed by atoms with Crippen molar-refractivity contribution in [3.8, 4) is 0 Å². The van der Waals surface area contributed by atoms with E-state index in [1.54, 1.807) is 30.3 Å². The standard InChI is InChI=1S/C17H15FN2O2/c1-10(2)17-20-14-7-6-11(8-15(14)22-17)16(21)19-13-5-3-4-12(18)9-13/h3-10H,1-2H3,(H,19,21). The number of oxazole rings is 1. The predicted octanol–water partition coefficient (Wildman–Crippen LogP) is 4.34. The van der Waals surface area contributed by atoms with E-state index in [0.29, 0.717) is 28.2 Å². The lowest BCUT2D eigenvalue weighted by Crippen LogP contribution is -2.11. The Labute approximate surface area is 127 Å². The highest BCUT2D eigenvalue weighted by molar-refractivity contribution is 6.05. The first-order valence-electron chi connectivity index (χ1n) is 7.00. The molecule has 22 heavy (non-hydrogen) atoms. The third kappa shape index (κ3) is 2.83. The average molecular weight is 298 g/mol. The Kier molecular flexibility index (Phi) is 3.63. The smallest absolute Gasteiger partial charge is 0.255 e. The van der Waals surface area contributed by atoms with Gasteiger partial charge in [0.15, 0.2) is 11.5 Å². The van der Waals surface area contributed by atoms with Gasteiger partial charge in [0.1, 0.15) is 11.3 Å². The highest BCUT2D eigenvalue weighted by Gasteiger charge is 2.12. The van der Waals surface area contributed by atoms with Gasteiger partial charge < -0.3 is 9.73 Å². The second-order valence-corrected chi connectivity index (χ2v) is 5.35. The quantitative estimate of drug-likeness (QED) is 0.782. The normalized spacial score (nSPS) is 11.1. The van der Waals surface area contributed by atoms with Crippen LogP contribution in [0.15, 0.2) is 46.9 Å². The second kappa shape index (κ2) is 5.60. The van der Waals surface area contributed by atoms with E-state index in [2.05, 4.69) is 10.3 Å². The minimum atomic E-state index is -0.398. The molecule has 0 aliphatic rings. The van der Waals surface area contributed by atoms with Crippen molar-refractivity contribution >= 4 is 22.7 Å². The van der Waals surface area contributed by atoms with Crippen molar-refractivity contribution in [2.45, 2.75) is 19.8 Å². The molecule has 0 fully saturated rings. The van der Waals surface area contributed by atoms with E-state index in [1.165, 1.54) is 12.1 Å². The molecule has 0 aliphatic carbocycles. The Morgan fingerprint density at radius 3 is 2.77 bits per heavy atom. The van der Waals surface area contributed by atoms with Crippen LogP contribution in [0.25, 0.3) is 11.1 Å². The fraction of sp³-hybridized carbons (Fsp3) is 0.176. The van der Waals surface area contributed by atoms with Crippen molar-refractivity contribution in [3.05, 3.63) is 59.7 Å². The summed E-state index contributed by atoms with van der Waals surface area (Å²) < 4.78 is 18.8. The molecular weight excluding hydrogens is 283 g/mol. The molecule has 0 saturated carbocycles. The first-order valence-corrected chi connectivity index (χ1v) is 7.00. The maximum absolute atomic E-state index is 13.1. The topological polar surface area (TPSA) is 55.1 Å². The van der Waals surface area contributed by atoms with Crippen LogP contribution in [0.5, 0.6) is 0 Å². The van der Waals surface area contributed by atoms with Crippen LogP contribution in [0.1, 0.15) is 36.0 Å². The first kappa shape index (κ1) is 14.3. The Morgan fingerprint density at radius 1 is 1.23 bits per heavy atom. The lowest BCUT2D eigenvalue weighted by atomic mass is 10.2. The number of anilines is 1. The van der Waals surface area contributed by atoms with Gasteiger partial charge in [0.05, 0.1) is 0 Å². The molecule has 4 nitrogen and oxygen atoms in total. The molecule has 1 heterocycles. The SMILES string of the molecule is CC(C)c1nc2ccc(C(=O)Nc3cccc(F)c3)cc2o1. The molecule has 0 bridgehead atoms. The minimum absolute atomic E-state index is 0.178. The van der Waals surface area contributed by atoms with Crippen molar-refractivity contribution in [2.24, 2.45) is 0 Å². The van der Waals surface area contributed by atoms with E-state index in [0.717, 1.165) is 0 Å². The largest absolute Gasteiger partial charge is 0.440 e. The number of rotatable bonds is 3. The highest BCUT2D eigenvalue weighted by Crippen LogP contribution is 2.22. The van der Waals surface area contributed by atoms with Crippen LogP contribution in [-0.2, 0) is 0 Å². The Balaban J connectivity index is 1.87. The summed E-state index contributed by atoms with van der Waals surface area (Å²) in [6, 6.07) is 10.8. The number of halogens is 1. The molecule has 2 aromatic carbocycles. The predicted molar refractivity (Wildman–Crippen MR) is 82.5 cm³/mol. The maximum atomic E-state index is 13.1. The van der Waals surface area contributed by atoms with Crippen LogP contribution < -0.4 is 5.32 Å². The number of benzene rings is 2. The van der Waals surface area contributed by atoms with Gasteiger partial charge in [-0.3, -0.25) is 4.79 Å². The molecule has 0 aliphatic heterocycles. The summed E-state index contributed by atoms with van der Waals surface area (Å²) in [6.07, 6.45) is 0. The third-order valence-electron chi connectivity index (χ3n) is 3.24. The first-order chi connectivity index (χ1) is 10.5. The van der Waals surface area contributed by atoms with Gasteiger partial charge in [-0.25, -0.2) is 9.37 Å². The summed E-state index contributed by atoms with van der Waals surface area (Å²) in [6.45, 7) is 3.98. The number of aromatic nitrogens is 1. The zero-order valence-corrected chi connectivity index (χ0v) is 12.3. The molecule has 0 saturated heterocycles. The molecule has 3 rings (SSSR count). The van der Waals surface area contributed by atoms with Crippen molar-refractivity contribution in [1.82, 2.24) is 4.98 Å². The summed E-state index contributed by atoms with van der Waals surface area (Å²) in [5.41, 5.74) is 2.12. The number of nitrogens with zero attached hydrogens (tertiary/aromatic N) is 1. The highest BCUT2D eigenvalue weighted by atomic mass is 19.1. The van der Waals surface area contributed by atoms with Gasteiger partial charge in [0.2, 0.25) is 0 Å². The van der Waals surface area contributed by atoms with Gasteiger partial charge in [-0.15, -0.1) is 0 Å². The van der Waals surface area contributed by atoms with Crippen LogP contribution in [-0.4, -0.2) is 10.9 Å². The van der Waals surface area contributed by atoms with Crippen LogP contribution in [0.3, 0.4) is 0 Å². The van der Waals surface area contributed by atoms with Crippen molar-refractivity contribution in [3.63, 3.8) is 0 Å². The summed E-state index contributed by atoms with van der Waals surface area (Å²) in [4.78, 5) is 16.6. The molecule has 3 aromatic rings. The van der Waals surface area contributed by atoms with Gasteiger partial charge in [-0.2, -0.15) is 0 Å². The summed E-state index contributed by atoms with van der Waals surface area (Å²) in [5.74, 6) is 0.0923. The van der Waals surface area contributed by atoms with E-state index >= 15 is 0 Å². The summed E-state index contributed by atoms with van der Waals surface area (Å²) >= 11 is 0. The number of hydrogen-bond acceptors (Lipinski definition) is 3. The van der Waals surface area contributed by atoms with Crippen molar-refractivity contribution in [2.75, 3.05) is 5.32 Å². The van der Waals surface area contributed by atoms with Gasteiger partial charge in [0.25, 0.3) is 5.91 Å². The number of carbonyl (C=O) groups excluding carboxylic acids is 1. The van der Waals surface area contributed by atoms with Gasteiger partial charge in [-0.05, 0) is 36.4 Å². The molecule has 0 unspecified atom stereocenters. The van der Waals surface area contributed by atoms with Crippen molar-refractivity contribution in [1.29, 1.82) is 0 Å². The van der Waals surface area contributed by atoms with Gasteiger partial charge in [0, 0.05) is 17.2 Å². The molecule has 112 valence electrons. The number of fused-ring (bicyclic) bond motifs is 1. The van der Waals surface area contributed by atoms with E-state index < -0.39 is 5.82 Å². The minimum Gasteiger partial charge on any atom is -0.440 e. The Morgan fingerprint density at radius 2 is 2.05 bits per heavy atom. The lowest BCUT2D eigenvalue weighted by molar-refractivity contribution is 0.102. The Hall–Kier alpha value is -2.69. The van der Waals surface area contributed by atoms with Crippen LogP contribution in [0.4, 0.5) is 10.1 Å². The average Bonchev–Trinajstić information content (AvgIpc) is 2.90. The number of hydrogen-bond donors (Lipinski definition) is 1. The molecule has 1 aromatic heterocycles. The third-order valence-corrected chi connectivity index (χ3v) is 3.24. The van der Waals surface area contributed by atoms with Crippen molar-refractivity contribution < 1.29 is 13.6 Å². The molecule has 1 N–H and O–H groups in total. The van der Waals surface area contributed by atoms with E-state index in [1.807, 2.05) is 13.8 Å². The van der Waals surface area contributed by atoms with Crippen LogP contribution in [0, 0.1) is 5.82 Å². The molecular formula is C17H15FN2O2. The van der Waals surface area contributed by atoms with E-state index in [4.69, 9.17) is 4.42 Å². The molecule has 0 radical (unpaired) electrons. The fourth-order valence-corrected chi connectivity index (χ4v) is 2.10. The maximum Gasteiger partial charge on any atom is 0.255 e. The van der Waals surface area contributed by atoms with Crippen LogP contribution >= 0.6 is 0 Å². The second-order valence-electron chi connectivity index (χ2n) is 5.35. The lowest BCUT2D eigenvalue weighted by Gasteiger charge is -2.05. The van der Waals surface area contributed by atoms with Gasteiger partial charge in [-0.1, -0.05) is 19.9 Å². The van der Waals surface area contributed by atoms with E-state index in [-0.39, 0.29) is 11.8 Å². The molecule has 5 heteroatoms. The zero-order chi connectivity index (χ0) is 15.7. The zero-order valence-electron chi connectivity index (χ0n) is 12.3. The number of amides is 1. The Bertz CT molecular complexity index is 840. The summed E-state index contributed by atoms with van der Waals surface area (Å²) in [5, 5.41) is 2.65. The van der Waals surface area contributed by atoms with Crippen LogP contribution in [0.2, 0.25) is 0 Å². The number of nitrogens with one attached hydrogen (secondary N) is 1. The fourth-order valence-electron chi connectivity index (χ4n) is 2.10. The van der Waals surface area contributed by atoms with Gasteiger partial charge >= 0.3 is 0 Å². The summed E-state index contributed by atoms with van der Waals surface area (Å²) in [7, 11) is 0. The molecule has 0 spiro atoms. The molecule has 1 amide bonds. The molecule has 0 atom stereocenters. The monoisotopic (exact) mass is 298 g/mol. The van der Waals surface area contributed by atoms with E-state index in [9.17, 15) is 9.18 Å².